The number of carbonyl (C=O) groups excluding carboxylic acids is 1. The molecule has 14 heavy (non-hydrogen) atoms. The molecule has 1 atom stereocenters. The molecule has 1 aromatic rings. The van der Waals surface area contributed by atoms with Gasteiger partial charge in [-0.15, -0.1) is 0 Å². The van der Waals surface area contributed by atoms with Crippen LogP contribution in [0.5, 0.6) is 0 Å². The molecule has 0 fully saturated rings. The predicted octanol–water partition coefficient (Wildman–Crippen LogP) is 2.35. The third kappa shape index (κ3) is 1.27. The molecule has 1 heterocycles. The minimum Gasteiger partial charge on any atom is -0.381 e. The third-order valence-corrected chi connectivity index (χ3v) is 2.27. The Morgan fingerprint density at radius 1 is 1.43 bits per heavy atom. The molecule has 0 spiro atoms. The molecular weight excluding hydrogens is 188 g/mol. The average Bonchev–Trinajstić information content (AvgIpc) is 2.10. The van der Waals surface area contributed by atoms with E-state index in [1.165, 1.54) is 6.07 Å². The third-order valence-electron chi connectivity index (χ3n) is 2.27. The largest absolute Gasteiger partial charge is 0.381 e. The van der Waals surface area contributed by atoms with Crippen molar-refractivity contribution in [3.05, 3.63) is 29.3 Å². The molecule has 1 aromatic carbocycles. The zero-order valence-electron chi connectivity index (χ0n) is 7.60. The van der Waals surface area contributed by atoms with Gasteiger partial charge >= 0.3 is 0 Å². The lowest BCUT2D eigenvalue weighted by atomic mass is 9.97. The number of anilines is 1. The molecule has 0 bridgehead atoms. The Balaban J connectivity index is 2.60. The number of nitrogens with one attached hydrogen (secondary N) is 1. The fraction of sp³-hybridized carbons (Fsp3) is 0.300. The molecule has 74 valence electrons. The van der Waals surface area contributed by atoms with E-state index in [2.05, 4.69) is 5.32 Å². The summed E-state index contributed by atoms with van der Waals surface area (Å²) in [6.45, 7) is 1.82. The molecule has 0 amide bonds. The number of hydrogen-bond acceptors (Lipinski definition) is 2. The van der Waals surface area contributed by atoms with Gasteiger partial charge in [0.25, 0.3) is 0 Å². The summed E-state index contributed by atoms with van der Waals surface area (Å²) in [5.41, 5.74) is 0.232. The highest BCUT2D eigenvalue weighted by Crippen LogP contribution is 2.28. The standard InChI is InChI=1S/C10H9F2NO/c1-5-4-8(14)9-7(13-5)3-2-6(11)10(9)12/h2-3,5,13H,4H2,1H3. The summed E-state index contributed by atoms with van der Waals surface area (Å²) >= 11 is 0. The molecule has 0 radical (unpaired) electrons. The van der Waals surface area contributed by atoms with Gasteiger partial charge in [-0.2, -0.15) is 0 Å². The topological polar surface area (TPSA) is 29.1 Å². The van der Waals surface area contributed by atoms with Gasteiger partial charge in [0.05, 0.1) is 5.56 Å². The van der Waals surface area contributed by atoms with Crippen LogP contribution in [0.4, 0.5) is 14.5 Å². The number of Topliss-reactive ketones (excluding diaryl/α,β-unsaturated/α-hetero) is 1. The Labute approximate surface area is 79.9 Å². The molecule has 0 saturated carbocycles. The second kappa shape index (κ2) is 3.04. The molecule has 1 aliphatic heterocycles. The van der Waals surface area contributed by atoms with Crippen molar-refractivity contribution >= 4 is 11.5 Å². The van der Waals surface area contributed by atoms with Crippen LogP contribution in [0.3, 0.4) is 0 Å². The maximum Gasteiger partial charge on any atom is 0.171 e. The maximum atomic E-state index is 13.2. The second-order valence-electron chi connectivity index (χ2n) is 3.46. The first-order chi connectivity index (χ1) is 6.59. The molecular formula is C10H9F2NO. The zero-order valence-corrected chi connectivity index (χ0v) is 7.60. The Hall–Kier alpha value is -1.45. The van der Waals surface area contributed by atoms with Gasteiger partial charge in [0.1, 0.15) is 0 Å². The number of halogens is 2. The van der Waals surface area contributed by atoms with Crippen molar-refractivity contribution in [1.29, 1.82) is 0 Å². The molecule has 2 nitrogen and oxygen atoms in total. The highest BCUT2D eigenvalue weighted by Gasteiger charge is 2.26. The minimum atomic E-state index is -1.05. The summed E-state index contributed by atoms with van der Waals surface area (Å²) in [6, 6.07) is 2.38. The fourth-order valence-corrected chi connectivity index (χ4v) is 1.64. The first-order valence-corrected chi connectivity index (χ1v) is 4.37. The maximum absolute atomic E-state index is 13.2. The van der Waals surface area contributed by atoms with Gasteiger partial charge < -0.3 is 5.32 Å². The summed E-state index contributed by atoms with van der Waals surface area (Å²) in [5, 5.41) is 2.93. The number of carbonyl (C=O) groups is 1. The highest BCUT2D eigenvalue weighted by molar-refractivity contribution is 6.03. The van der Waals surface area contributed by atoms with Crippen molar-refractivity contribution < 1.29 is 13.6 Å². The van der Waals surface area contributed by atoms with Crippen LogP contribution in [-0.4, -0.2) is 11.8 Å². The quantitative estimate of drug-likeness (QED) is 0.691. The lowest BCUT2D eigenvalue weighted by Crippen LogP contribution is -2.27. The van der Waals surface area contributed by atoms with E-state index < -0.39 is 11.6 Å². The zero-order chi connectivity index (χ0) is 10.3. The van der Waals surface area contributed by atoms with Gasteiger partial charge in [0.2, 0.25) is 0 Å². The predicted molar refractivity (Wildman–Crippen MR) is 48.4 cm³/mol. The van der Waals surface area contributed by atoms with Gasteiger partial charge in [-0.1, -0.05) is 0 Å². The minimum absolute atomic E-state index is 0.0279. The van der Waals surface area contributed by atoms with Crippen LogP contribution in [0.2, 0.25) is 0 Å². The second-order valence-corrected chi connectivity index (χ2v) is 3.46. The molecule has 1 unspecified atom stereocenters. The van der Waals surface area contributed by atoms with E-state index in [-0.39, 0.29) is 23.8 Å². The van der Waals surface area contributed by atoms with E-state index in [1.807, 2.05) is 6.92 Å². The van der Waals surface area contributed by atoms with Gasteiger partial charge in [0.15, 0.2) is 17.4 Å². The number of fused-ring (bicyclic) bond motifs is 1. The van der Waals surface area contributed by atoms with Crippen molar-refractivity contribution in [2.45, 2.75) is 19.4 Å². The summed E-state index contributed by atoms with van der Waals surface area (Å²) in [6.07, 6.45) is 0.202. The van der Waals surface area contributed by atoms with Crippen LogP contribution in [0.15, 0.2) is 12.1 Å². The first kappa shape index (κ1) is 9.12. The van der Waals surface area contributed by atoms with Crippen LogP contribution < -0.4 is 5.32 Å². The molecule has 1 aliphatic rings. The lowest BCUT2D eigenvalue weighted by molar-refractivity contribution is 0.0969. The van der Waals surface area contributed by atoms with Crippen LogP contribution in [0.1, 0.15) is 23.7 Å². The van der Waals surface area contributed by atoms with Gasteiger partial charge in [-0.3, -0.25) is 4.79 Å². The Morgan fingerprint density at radius 3 is 2.86 bits per heavy atom. The normalized spacial score (nSPS) is 20.2. The molecule has 1 N–H and O–H groups in total. The smallest absolute Gasteiger partial charge is 0.171 e. The van der Waals surface area contributed by atoms with E-state index in [9.17, 15) is 13.6 Å². The van der Waals surface area contributed by atoms with E-state index in [0.717, 1.165) is 6.07 Å². The van der Waals surface area contributed by atoms with Crippen molar-refractivity contribution in [2.75, 3.05) is 5.32 Å². The summed E-state index contributed by atoms with van der Waals surface area (Å²) in [5.74, 6) is -2.37. The van der Waals surface area contributed by atoms with Crippen molar-refractivity contribution in [2.24, 2.45) is 0 Å². The molecule has 4 heteroatoms. The van der Waals surface area contributed by atoms with E-state index >= 15 is 0 Å². The Bertz CT molecular complexity index is 403. The van der Waals surface area contributed by atoms with Gasteiger partial charge in [-0.25, -0.2) is 8.78 Å². The van der Waals surface area contributed by atoms with Crippen LogP contribution in [0.25, 0.3) is 0 Å². The number of ketones is 1. The summed E-state index contributed by atoms with van der Waals surface area (Å²) in [4.78, 5) is 11.4. The highest BCUT2D eigenvalue weighted by atomic mass is 19.2. The molecule has 0 aliphatic carbocycles. The number of benzene rings is 1. The SMILES string of the molecule is CC1CC(=O)c2c(ccc(F)c2F)N1. The Morgan fingerprint density at radius 2 is 2.14 bits per heavy atom. The Kier molecular flexibility index (Phi) is 1.98. The van der Waals surface area contributed by atoms with Crippen LogP contribution in [-0.2, 0) is 0 Å². The van der Waals surface area contributed by atoms with E-state index in [0.29, 0.717) is 5.69 Å². The van der Waals surface area contributed by atoms with Crippen LogP contribution in [0, 0.1) is 11.6 Å². The summed E-state index contributed by atoms with van der Waals surface area (Å²) < 4.78 is 26.0. The first-order valence-electron chi connectivity index (χ1n) is 4.37. The van der Waals surface area contributed by atoms with E-state index in [1.54, 1.807) is 0 Å². The average molecular weight is 197 g/mol. The van der Waals surface area contributed by atoms with Crippen molar-refractivity contribution in [3.63, 3.8) is 0 Å². The number of hydrogen-bond donors (Lipinski definition) is 1. The van der Waals surface area contributed by atoms with Gasteiger partial charge in [-0.05, 0) is 19.1 Å². The lowest BCUT2D eigenvalue weighted by Gasteiger charge is -2.23. The molecule has 0 saturated heterocycles. The van der Waals surface area contributed by atoms with Crippen LogP contribution >= 0.6 is 0 Å². The van der Waals surface area contributed by atoms with E-state index in [4.69, 9.17) is 0 Å². The monoisotopic (exact) mass is 197 g/mol. The van der Waals surface area contributed by atoms with Crippen molar-refractivity contribution in [3.8, 4) is 0 Å². The van der Waals surface area contributed by atoms with Crippen molar-refractivity contribution in [1.82, 2.24) is 0 Å². The molecule has 2 rings (SSSR count). The summed E-state index contributed by atoms with van der Waals surface area (Å²) in [7, 11) is 0. The number of rotatable bonds is 0. The van der Waals surface area contributed by atoms with Gasteiger partial charge in [0, 0.05) is 18.2 Å². The fourth-order valence-electron chi connectivity index (χ4n) is 1.64. The molecule has 0 aromatic heterocycles.